The van der Waals surface area contributed by atoms with E-state index < -0.39 is 6.09 Å². The van der Waals surface area contributed by atoms with E-state index >= 15 is 0 Å². The zero-order valence-corrected chi connectivity index (χ0v) is 9.86. The van der Waals surface area contributed by atoms with Crippen molar-refractivity contribution < 1.29 is 9.90 Å². The first-order valence-corrected chi connectivity index (χ1v) is 5.50. The topological polar surface area (TPSA) is 53.4 Å². The van der Waals surface area contributed by atoms with Gasteiger partial charge in [-0.2, -0.15) is 0 Å². The van der Waals surface area contributed by atoms with Gasteiger partial charge in [-0.3, -0.25) is 4.98 Å². The molecule has 4 nitrogen and oxygen atoms in total. The molecule has 0 fully saturated rings. The van der Waals surface area contributed by atoms with Gasteiger partial charge in [-0.25, -0.2) is 4.79 Å². The largest absolute Gasteiger partial charge is 0.465 e. The van der Waals surface area contributed by atoms with E-state index in [9.17, 15) is 4.79 Å². The first kappa shape index (κ1) is 10.4. The summed E-state index contributed by atoms with van der Waals surface area (Å²) >= 11 is 3.33. The Morgan fingerprint density at radius 1 is 1.73 bits per heavy atom. The van der Waals surface area contributed by atoms with Crippen LogP contribution in [0.3, 0.4) is 0 Å². The Balaban J connectivity index is 2.34. The van der Waals surface area contributed by atoms with Gasteiger partial charge in [0.15, 0.2) is 0 Å². The number of aromatic nitrogens is 1. The van der Waals surface area contributed by atoms with Gasteiger partial charge < -0.3 is 10.0 Å². The summed E-state index contributed by atoms with van der Waals surface area (Å²) in [6.07, 6.45) is 1.57. The average molecular weight is 271 g/mol. The van der Waals surface area contributed by atoms with Crippen molar-refractivity contribution in [2.45, 2.75) is 25.9 Å². The molecule has 2 rings (SSSR count). The zero-order chi connectivity index (χ0) is 11.0. The molecule has 0 bridgehead atoms. The average Bonchev–Trinajstić information content (AvgIpc) is 2.17. The molecule has 80 valence electrons. The highest BCUT2D eigenvalue weighted by molar-refractivity contribution is 9.10. The minimum atomic E-state index is -0.867. The van der Waals surface area contributed by atoms with Crippen molar-refractivity contribution in [2.24, 2.45) is 0 Å². The number of rotatable bonds is 0. The highest BCUT2D eigenvalue weighted by Crippen LogP contribution is 2.24. The lowest BCUT2D eigenvalue weighted by Crippen LogP contribution is -2.42. The van der Waals surface area contributed by atoms with Crippen LogP contribution in [-0.2, 0) is 13.0 Å². The third kappa shape index (κ3) is 1.97. The fourth-order valence-electron chi connectivity index (χ4n) is 1.82. The van der Waals surface area contributed by atoms with Gasteiger partial charge in [-0.15, -0.1) is 0 Å². The Morgan fingerprint density at radius 3 is 3.13 bits per heavy atom. The number of fused-ring (bicyclic) bond motifs is 1. The lowest BCUT2D eigenvalue weighted by Gasteiger charge is -2.31. The number of hydrogen-bond donors (Lipinski definition) is 1. The predicted octanol–water partition coefficient (Wildman–Crippen LogP) is 2.27. The molecule has 1 aromatic rings. The van der Waals surface area contributed by atoms with Gasteiger partial charge in [0.1, 0.15) is 0 Å². The van der Waals surface area contributed by atoms with Gasteiger partial charge in [0, 0.05) is 28.8 Å². The molecule has 1 aliphatic rings. The molecule has 1 atom stereocenters. The van der Waals surface area contributed by atoms with Gasteiger partial charge in [-0.05, 0) is 34.5 Å². The van der Waals surface area contributed by atoms with E-state index in [1.807, 2.05) is 13.0 Å². The minimum absolute atomic E-state index is 0.00340. The second kappa shape index (κ2) is 3.81. The summed E-state index contributed by atoms with van der Waals surface area (Å²) in [7, 11) is 0. The summed E-state index contributed by atoms with van der Waals surface area (Å²) in [6, 6.07) is 1.94. The van der Waals surface area contributed by atoms with Crippen molar-refractivity contribution in [1.29, 1.82) is 0 Å². The van der Waals surface area contributed by atoms with Crippen LogP contribution in [0.1, 0.15) is 18.2 Å². The highest BCUT2D eigenvalue weighted by Gasteiger charge is 2.27. The number of halogens is 1. The van der Waals surface area contributed by atoms with Crippen molar-refractivity contribution in [3.8, 4) is 0 Å². The second-order valence-electron chi connectivity index (χ2n) is 3.72. The number of pyridine rings is 1. The fourth-order valence-corrected chi connectivity index (χ4v) is 2.19. The van der Waals surface area contributed by atoms with Crippen molar-refractivity contribution in [1.82, 2.24) is 9.88 Å². The summed E-state index contributed by atoms with van der Waals surface area (Å²) in [5, 5.41) is 9.00. The molecule has 0 radical (unpaired) electrons. The van der Waals surface area contributed by atoms with Crippen LogP contribution in [0, 0.1) is 0 Å². The van der Waals surface area contributed by atoms with Gasteiger partial charge in [0.05, 0.1) is 6.54 Å². The summed E-state index contributed by atoms with van der Waals surface area (Å²) < 4.78 is 0.890. The van der Waals surface area contributed by atoms with E-state index in [4.69, 9.17) is 5.11 Å². The lowest BCUT2D eigenvalue weighted by atomic mass is 10.0. The van der Waals surface area contributed by atoms with Crippen LogP contribution < -0.4 is 0 Å². The molecule has 15 heavy (non-hydrogen) atoms. The monoisotopic (exact) mass is 270 g/mol. The number of amides is 1. The van der Waals surface area contributed by atoms with Gasteiger partial charge in [0.25, 0.3) is 0 Å². The molecule has 1 aromatic heterocycles. The Hall–Kier alpha value is -1.10. The summed E-state index contributed by atoms with van der Waals surface area (Å²) in [5.74, 6) is 0. The molecule has 1 aliphatic heterocycles. The van der Waals surface area contributed by atoms with Crippen LogP contribution in [0.15, 0.2) is 16.7 Å². The van der Waals surface area contributed by atoms with Crippen molar-refractivity contribution in [2.75, 3.05) is 0 Å². The predicted molar refractivity (Wildman–Crippen MR) is 58.7 cm³/mol. The van der Waals surface area contributed by atoms with E-state index in [2.05, 4.69) is 20.9 Å². The van der Waals surface area contributed by atoms with E-state index in [-0.39, 0.29) is 6.04 Å². The van der Waals surface area contributed by atoms with Crippen LogP contribution in [0.25, 0.3) is 0 Å². The molecule has 0 saturated heterocycles. The molecule has 0 aliphatic carbocycles. The Morgan fingerprint density at radius 2 is 2.47 bits per heavy atom. The molecule has 0 saturated carbocycles. The number of nitrogens with zero attached hydrogens (tertiary/aromatic N) is 2. The normalized spacial score (nSPS) is 19.9. The van der Waals surface area contributed by atoms with Crippen LogP contribution in [0.5, 0.6) is 0 Å². The van der Waals surface area contributed by atoms with Crippen molar-refractivity contribution in [3.63, 3.8) is 0 Å². The Labute approximate surface area is 96.1 Å². The first-order chi connectivity index (χ1) is 7.08. The van der Waals surface area contributed by atoms with E-state index in [0.29, 0.717) is 13.0 Å². The van der Waals surface area contributed by atoms with Crippen LogP contribution in [0.4, 0.5) is 4.79 Å². The molecular weight excluding hydrogens is 260 g/mol. The smallest absolute Gasteiger partial charge is 0.407 e. The molecule has 1 amide bonds. The molecule has 5 heteroatoms. The first-order valence-electron chi connectivity index (χ1n) is 4.71. The minimum Gasteiger partial charge on any atom is -0.465 e. The van der Waals surface area contributed by atoms with Crippen LogP contribution >= 0.6 is 15.9 Å². The van der Waals surface area contributed by atoms with Crippen LogP contribution in [0.2, 0.25) is 0 Å². The highest BCUT2D eigenvalue weighted by atomic mass is 79.9. The number of hydrogen-bond acceptors (Lipinski definition) is 2. The summed E-state index contributed by atoms with van der Waals surface area (Å²) in [6.45, 7) is 2.33. The zero-order valence-electron chi connectivity index (χ0n) is 8.27. The Kier molecular flexibility index (Phi) is 2.65. The SMILES string of the molecule is CC1Cc2ncc(Br)cc2CN1C(=O)O. The van der Waals surface area contributed by atoms with E-state index in [0.717, 1.165) is 15.7 Å². The summed E-state index contributed by atoms with van der Waals surface area (Å²) in [5.41, 5.74) is 1.99. The number of carboxylic acid groups (broad SMARTS) is 1. The standard InChI is InChI=1S/C10H11BrN2O2/c1-6-2-9-7(3-8(11)4-12-9)5-13(6)10(14)15/h3-4,6H,2,5H2,1H3,(H,14,15). The molecule has 2 heterocycles. The lowest BCUT2D eigenvalue weighted by molar-refractivity contribution is 0.119. The number of carbonyl (C=O) groups is 1. The van der Waals surface area contributed by atoms with Crippen molar-refractivity contribution >= 4 is 22.0 Å². The maximum atomic E-state index is 11.0. The van der Waals surface area contributed by atoms with E-state index in [1.54, 1.807) is 6.20 Å². The molecule has 0 aromatic carbocycles. The second-order valence-corrected chi connectivity index (χ2v) is 4.64. The van der Waals surface area contributed by atoms with Gasteiger partial charge >= 0.3 is 6.09 Å². The molecule has 1 unspecified atom stereocenters. The van der Waals surface area contributed by atoms with Gasteiger partial charge in [-0.1, -0.05) is 0 Å². The maximum Gasteiger partial charge on any atom is 0.407 e. The van der Waals surface area contributed by atoms with E-state index in [1.165, 1.54) is 4.90 Å². The quantitative estimate of drug-likeness (QED) is 0.787. The molecule has 0 spiro atoms. The van der Waals surface area contributed by atoms with Crippen molar-refractivity contribution in [3.05, 3.63) is 28.0 Å². The maximum absolute atomic E-state index is 11.0. The summed E-state index contributed by atoms with van der Waals surface area (Å²) in [4.78, 5) is 16.7. The molecular formula is C10H11BrN2O2. The van der Waals surface area contributed by atoms with Gasteiger partial charge in [0.2, 0.25) is 0 Å². The Bertz CT molecular complexity index is 408. The third-order valence-corrected chi connectivity index (χ3v) is 3.07. The fraction of sp³-hybridized carbons (Fsp3) is 0.400. The third-order valence-electron chi connectivity index (χ3n) is 2.63. The van der Waals surface area contributed by atoms with Crippen LogP contribution in [-0.4, -0.2) is 27.1 Å². The molecule has 1 N–H and O–H groups in total.